The molecule has 0 N–H and O–H groups in total. The molecular formula is C23H35FN2O5. The van der Waals surface area contributed by atoms with Gasteiger partial charge in [-0.25, -0.2) is 4.39 Å². The number of benzene rings is 1. The summed E-state index contributed by atoms with van der Waals surface area (Å²) < 4.78 is 27.1. The Balaban J connectivity index is 0.000000465. The van der Waals surface area contributed by atoms with Crippen LogP contribution in [0.25, 0.3) is 11.4 Å². The molecule has 1 heterocycles. The van der Waals surface area contributed by atoms with Crippen molar-refractivity contribution in [1.29, 1.82) is 0 Å². The number of hydrogen-bond acceptors (Lipinski definition) is 7. The number of carbonyl (C=O) groups excluding carboxylic acids is 2. The molecule has 0 saturated carbocycles. The number of esters is 2. The van der Waals surface area contributed by atoms with Gasteiger partial charge < -0.3 is 14.0 Å². The average molecular weight is 439 g/mol. The highest BCUT2D eigenvalue weighted by molar-refractivity contribution is 5.69. The van der Waals surface area contributed by atoms with E-state index < -0.39 is 0 Å². The number of nitrogens with zero attached hydrogens (tertiary/aromatic N) is 2. The van der Waals surface area contributed by atoms with Crippen molar-refractivity contribution in [3.05, 3.63) is 35.5 Å². The summed E-state index contributed by atoms with van der Waals surface area (Å²) in [6.07, 6.45) is 6.36. The van der Waals surface area contributed by atoms with Gasteiger partial charge in [-0.1, -0.05) is 44.3 Å². The zero-order valence-corrected chi connectivity index (χ0v) is 19.5. The van der Waals surface area contributed by atoms with Crippen molar-refractivity contribution < 1.29 is 28.0 Å². The number of methoxy groups -OCH3 is 2. The topological polar surface area (TPSA) is 91.5 Å². The Morgan fingerprint density at radius 2 is 1.55 bits per heavy atom. The van der Waals surface area contributed by atoms with Crippen LogP contribution in [0.5, 0.6) is 0 Å². The molecule has 0 radical (unpaired) electrons. The van der Waals surface area contributed by atoms with Crippen LogP contribution >= 0.6 is 0 Å². The van der Waals surface area contributed by atoms with Crippen molar-refractivity contribution in [2.45, 2.75) is 72.6 Å². The summed E-state index contributed by atoms with van der Waals surface area (Å²) in [5.41, 5.74) is 1.24. The Morgan fingerprint density at radius 1 is 0.968 bits per heavy atom. The number of aromatic nitrogens is 2. The molecule has 0 spiro atoms. The number of rotatable bonds is 8. The molecule has 0 fully saturated rings. The number of ether oxygens (including phenoxy) is 2. The van der Waals surface area contributed by atoms with Gasteiger partial charge in [0.2, 0.25) is 11.7 Å². The summed E-state index contributed by atoms with van der Waals surface area (Å²) in [7, 11) is 2.84. The maximum absolute atomic E-state index is 13.4. The summed E-state index contributed by atoms with van der Waals surface area (Å²) in [5.74, 6) is 0.195. The van der Waals surface area contributed by atoms with Crippen LogP contribution in [-0.2, 0) is 19.1 Å². The Kier molecular flexibility index (Phi) is 15.5. The van der Waals surface area contributed by atoms with Crippen LogP contribution < -0.4 is 0 Å². The van der Waals surface area contributed by atoms with Gasteiger partial charge in [-0.15, -0.1) is 0 Å². The van der Waals surface area contributed by atoms with Crippen molar-refractivity contribution in [2.24, 2.45) is 0 Å². The molecule has 0 unspecified atom stereocenters. The lowest BCUT2D eigenvalue weighted by atomic mass is 10.1. The minimum atomic E-state index is -0.328. The maximum atomic E-state index is 13.4. The van der Waals surface area contributed by atoms with Crippen molar-refractivity contribution >= 4 is 11.9 Å². The van der Waals surface area contributed by atoms with Gasteiger partial charge in [-0.3, -0.25) is 9.59 Å². The van der Waals surface area contributed by atoms with Gasteiger partial charge in [0, 0.05) is 19.8 Å². The lowest BCUT2D eigenvalue weighted by molar-refractivity contribution is -0.141. The number of hydrogen-bond donors (Lipinski definition) is 0. The fourth-order valence-corrected chi connectivity index (χ4v) is 2.25. The van der Waals surface area contributed by atoms with Crippen LogP contribution in [0.1, 0.15) is 70.2 Å². The molecule has 0 aliphatic carbocycles. The van der Waals surface area contributed by atoms with Crippen LogP contribution in [0, 0.1) is 19.7 Å². The predicted octanol–water partition coefficient (Wildman–Crippen LogP) is 5.58. The number of carbonyl (C=O) groups is 2. The van der Waals surface area contributed by atoms with Crippen LogP contribution in [0.3, 0.4) is 0 Å². The van der Waals surface area contributed by atoms with E-state index in [0.717, 1.165) is 37.7 Å². The lowest BCUT2D eigenvalue weighted by Crippen LogP contribution is -1.98. The molecule has 0 saturated heterocycles. The summed E-state index contributed by atoms with van der Waals surface area (Å²) >= 11 is 0. The first-order valence-corrected chi connectivity index (χ1v) is 10.5. The predicted molar refractivity (Wildman–Crippen MR) is 117 cm³/mol. The molecule has 8 heteroatoms. The third-order valence-electron chi connectivity index (χ3n) is 4.07. The van der Waals surface area contributed by atoms with E-state index in [1.807, 2.05) is 19.9 Å². The standard InChI is InChI=1S/C10H9FN2O.C7H14O2.C6H12O2/c1-6-3-4-8(9(11)5-6)10-12-7(2)14-13-10;1-3-4-5-6-7(8)9-2;1-3-4-5-6(7)8-2/h3-5H,1-2H3;3-6H2,1-2H3;3-5H2,1-2H3. The van der Waals surface area contributed by atoms with Crippen LogP contribution in [-0.4, -0.2) is 36.3 Å². The van der Waals surface area contributed by atoms with Gasteiger partial charge in [-0.05, 0) is 37.5 Å². The summed E-state index contributed by atoms with van der Waals surface area (Å²) in [6.45, 7) is 7.65. The summed E-state index contributed by atoms with van der Waals surface area (Å²) in [4.78, 5) is 24.8. The van der Waals surface area contributed by atoms with E-state index in [1.54, 1.807) is 13.0 Å². The molecule has 174 valence electrons. The largest absolute Gasteiger partial charge is 0.469 e. The molecule has 0 bridgehead atoms. The van der Waals surface area contributed by atoms with Gasteiger partial charge in [0.05, 0.1) is 19.8 Å². The zero-order chi connectivity index (χ0) is 23.6. The fraction of sp³-hybridized carbons (Fsp3) is 0.565. The molecule has 0 amide bonds. The first-order valence-electron chi connectivity index (χ1n) is 10.5. The number of halogens is 1. The molecule has 0 aliphatic rings. The highest BCUT2D eigenvalue weighted by Crippen LogP contribution is 2.20. The molecular weight excluding hydrogens is 403 g/mol. The second-order valence-corrected chi connectivity index (χ2v) is 6.83. The maximum Gasteiger partial charge on any atom is 0.305 e. The summed E-state index contributed by atoms with van der Waals surface area (Å²) in [6, 6.07) is 4.90. The van der Waals surface area contributed by atoms with E-state index in [2.05, 4.69) is 26.5 Å². The highest BCUT2D eigenvalue weighted by atomic mass is 19.1. The van der Waals surface area contributed by atoms with Crippen molar-refractivity contribution in [3.63, 3.8) is 0 Å². The zero-order valence-electron chi connectivity index (χ0n) is 19.5. The Hall–Kier alpha value is -2.77. The smallest absolute Gasteiger partial charge is 0.305 e. The molecule has 31 heavy (non-hydrogen) atoms. The number of unbranched alkanes of at least 4 members (excludes halogenated alkanes) is 3. The van der Waals surface area contributed by atoms with E-state index in [4.69, 9.17) is 4.52 Å². The summed E-state index contributed by atoms with van der Waals surface area (Å²) in [5, 5.41) is 3.65. The van der Waals surface area contributed by atoms with Crippen molar-refractivity contribution in [3.8, 4) is 11.4 Å². The highest BCUT2D eigenvalue weighted by Gasteiger charge is 2.10. The van der Waals surface area contributed by atoms with Gasteiger partial charge in [0.15, 0.2) is 0 Å². The molecule has 0 atom stereocenters. The Morgan fingerprint density at radius 3 is 2.00 bits per heavy atom. The first-order chi connectivity index (χ1) is 14.8. The van der Waals surface area contributed by atoms with Crippen LogP contribution in [0.2, 0.25) is 0 Å². The fourth-order valence-electron chi connectivity index (χ4n) is 2.25. The van der Waals surface area contributed by atoms with E-state index in [0.29, 0.717) is 30.1 Å². The lowest BCUT2D eigenvalue weighted by Gasteiger charge is -1.97. The van der Waals surface area contributed by atoms with Gasteiger partial charge in [-0.2, -0.15) is 4.98 Å². The second kappa shape index (κ2) is 17.0. The van der Waals surface area contributed by atoms with E-state index >= 15 is 0 Å². The molecule has 0 aliphatic heterocycles. The van der Waals surface area contributed by atoms with Crippen molar-refractivity contribution in [1.82, 2.24) is 10.1 Å². The van der Waals surface area contributed by atoms with E-state index in [-0.39, 0.29) is 17.8 Å². The third kappa shape index (κ3) is 13.2. The Labute approximate surface area is 184 Å². The second-order valence-electron chi connectivity index (χ2n) is 6.83. The quantitative estimate of drug-likeness (QED) is 0.392. The first kappa shape index (κ1) is 28.2. The van der Waals surface area contributed by atoms with Gasteiger partial charge >= 0.3 is 11.9 Å². The third-order valence-corrected chi connectivity index (χ3v) is 4.07. The van der Waals surface area contributed by atoms with Gasteiger partial charge in [0.1, 0.15) is 5.82 Å². The average Bonchev–Trinajstić information content (AvgIpc) is 3.18. The molecule has 1 aromatic carbocycles. The number of aryl methyl sites for hydroxylation is 2. The normalized spacial score (nSPS) is 9.65. The van der Waals surface area contributed by atoms with Crippen molar-refractivity contribution in [2.75, 3.05) is 14.2 Å². The van der Waals surface area contributed by atoms with Crippen LogP contribution in [0.15, 0.2) is 22.7 Å². The minimum Gasteiger partial charge on any atom is -0.469 e. The molecule has 2 aromatic rings. The minimum absolute atomic E-state index is 0.0940. The van der Waals surface area contributed by atoms with E-state index in [1.165, 1.54) is 20.3 Å². The molecule has 1 aromatic heterocycles. The van der Waals surface area contributed by atoms with E-state index in [9.17, 15) is 14.0 Å². The monoisotopic (exact) mass is 438 g/mol. The SMILES string of the molecule is CCCCC(=O)OC.CCCCCC(=O)OC.Cc1ccc(-c2noc(C)n2)c(F)c1. The molecule has 7 nitrogen and oxygen atoms in total. The Bertz CT molecular complexity index is 777. The van der Waals surface area contributed by atoms with Crippen LogP contribution in [0.4, 0.5) is 4.39 Å². The molecule has 2 rings (SSSR count). The van der Waals surface area contributed by atoms with Gasteiger partial charge in [0.25, 0.3) is 0 Å².